The number of hydrogen-bond acceptors (Lipinski definition) is 4. The van der Waals surface area contributed by atoms with Crippen LogP contribution in [0.1, 0.15) is 6.92 Å². The predicted molar refractivity (Wildman–Crippen MR) is 82.8 cm³/mol. The average Bonchev–Trinajstić information content (AvgIpc) is 2.63. The zero-order valence-electron chi connectivity index (χ0n) is 10.8. The Balaban J connectivity index is 2.66. The maximum atomic E-state index is 6.11. The van der Waals surface area contributed by atoms with E-state index >= 15 is 0 Å². The highest BCUT2D eigenvalue weighted by Gasteiger charge is 2.15. The minimum Gasteiger partial charge on any atom is -0.399 e. The summed E-state index contributed by atoms with van der Waals surface area (Å²) in [6.45, 7) is 2.84. The molecule has 98 valence electrons. The summed E-state index contributed by atoms with van der Waals surface area (Å²) in [5.41, 5.74) is 28.5. The number of aryl methyl sites for hydroxylation is 1. The highest BCUT2D eigenvalue weighted by molar-refractivity contribution is 6.16. The number of benzene rings is 2. The Morgan fingerprint density at radius 1 is 0.789 bits per heavy atom. The fourth-order valence-electron chi connectivity index (χ4n) is 2.80. The number of rotatable bonds is 1. The van der Waals surface area contributed by atoms with Crippen molar-refractivity contribution in [1.29, 1.82) is 0 Å². The van der Waals surface area contributed by atoms with Crippen LogP contribution < -0.4 is 22.9 Å². The normalized spacial score (nSPS) is 11.4. The van der Waals surface area contributed by atoms with Crippen LogP contribution in [-0.2, 0) is 6.54 Å². The van der Waals surface area contributed by atoms with Gasteiger partial charge in [0.1, 0.15) is 0 Å². The van der Waals surface area contributed by atoms with Crippen molar-refractivity contribution in [2.45, 2.75) is 13.5 Å². The number of fused-ring (bicyclic) bond motifs is 3. The molecule has 0 fully saturated rings. The number of aromatic nitrogens is 1. The fourth-order valence-corrected chi connectivity index (χ4v) is 2.80. The van der Waals surface area contributed by atoms with Crippen LogP contribution in [0.3, 0.4) is 0 Å². The molecule has 0 spiro atoms. The van der Waals surface area contributed by atoms with Gasteiger partial charge in [-0.25, -0.2) is 0 Å². The molecule has 0 saturated heterocycles. The van der Waals surface area contributed by atoms with E-state index in [0.29, 0.717) is 22.7 Å². The van der Waals surface area contributed by atoms with E-state index in [-0.39, 0.29) is 0 Å². The molecule has 3 rings (SSSR count). The SMILES string of the molecule is CCn1c2c(N)cc(N)cc2c2cc(N)cc(N)c21. The first kappa shape index (κ1) is 11.5. The largest absolute Gasteiger partial charge is 0.399 e. The number of nitrogen functional groups attached to an aromatic ring is 4. The van der Waals surface area contributed by atoms with Gasteiger partial charge in [-0.3, -0.25) is 0 Å². The third-order valence-corrected chi connectivity index (χ3v) is 3.47. The Bertz CT molecular complexity index is 736. The zero-order chi connectivity index (χ0) is 13.7. The van der Waals surface area contributed by atoms with E-state index in [1.807, 2.05) is 12.1 Å². The van der Waals surface area contributed by atoms with Gasteiger partial charge in [-0.1, -0.05) is 0 Å². The molecule has 0 amide bonds. The molecule has 0 unspecified atom stereocenters. The molecule has 2 aromatic carbocycles. The van der Waals surface area contributed by atoms with Crippen molar-refractivity contribution in [1.82, 2.24) is 4.57 Å². The molecule has 8 N–H and O–H groups in total. The van der Waals surface area contributed by atoms with E-state index in [1.54, 1.807) is 12.1 Å². The maximum Gasteiger partial charge on any atom is 0.0726 e. The summed E-state index contributed by atoms with van der Waals surface area (Å²) in [5, 5.41) is 1.99. The predicted octanol–water partition coefficient (Wildman–Crippen LogP) is 2.14. The lowest BCUT2D eigenvalue weighted by Gasteiger charge is -2.07. The Morgan fingerprint density at radius 3 is 1.58 bits per heavy atom. The molecule has 1 heterocycles. The van der Waals surface area contributed by atoms with Gasteiger partial charge in [0.15, 0.2) is 0 Å². The topological polar surface area (TPSA) is 109 Å². The quantitative estimate of drug-likeness (QED) is 0.499. The first-order valence-corrected chi connectivity index (χ1v) is 6.18. The summed E-state index contributed by atoms with van der Waals surface area (Å²) in [7, 11) is 0. The van der Waals surface area contributed by atoms with E-state index in [4.69, 9.17) is 22.9 Å². The van der Waals surface area contributed by atoms with Gasteiger partial charge in [-0.15, -0.1) is 0 Å². The summed E-state index contributed by atoms with van der Waals surface area (Å²) in [6, 6.07) is 7.37. The van der Waals surface area contributed by atoms with Gasteiger partial charge < -0.3 is 27.5 Å². The van der Waals surface area contributed by atoms with Crippen LogP contribution in [0, 0.1) is 0 Å². The van der Waals surface area contributed by atoms with Crippen LogP contribution in [0.2, 0.25) is 0 Å². The van der Waals surface area contributed by atoms with E-state index in [2.05, 4.69) is 11.5 Å². The fraction of sp³-hybridized carbons (Fsp3) is 0.143. The molecular formula is C14H17N5. The van der Waals surface area contributed by atoms with Crippen LogP contribution in [-0.4, -0.2) is 4.57 Å². The summed E-state index contributed by atoms with van der Waals surface area (Å²) in [4.78, 5) is 0. The Morgan fingerprint density at radius 2 is 1.21 bits per heavy atom. The van der Waals surface area contributed by atoms with Gasteiger partial charge in [0.05, 0.1) is 22.4 Å². The molecule has 3 aromatic rings. The van der Waals surface area contributed by atoms with E-state index < -0.39 is 0 Å². The summed E-state index contributed by atoms with van der Waals surface area (Å²) < 4.78 is 2.11. The lowest BCUT2D eigenvalue weighted by molar-refractivity contribution is 0.829. The Hall–Kier alpha value is -2.56. The molecule has 0 radical (unpaired) electrons. The van der Waals surface area contributed by atoms with Crippen molar-refractivity contribution >= 4 is 44.6 Å². The van der Waals surface area contributed by atoms with Crippen LogP contribution in [0.15, 0.2) is 24.3 Å². The number of anilines is 4. The molecule has 0 aliphatic carbocycles. The highest BCUT2D eigenvalue weighted by Crippen LogP contribution is 2.37. The molecule has 0 aliphatic rings. The third-order valence-electron chi connectivity index (χ3n) is 3.47. The molecule has 0 bridgehead atoms. The summed E-state index contributed by atoms with van der Waals surface area (Å²) >= 11 is 0. The Labute approximate surface area is 110 Å². The zero-order valence-corrected chi connectivity index (χ0v) is 10.8. The van der Waals surface area contributed by atoms with Gasteiger partial charge >= 0.3 is 0 Å². The minimum atomic E-state index is 0.640. The summed E-state index contributed by atoms with van der Waals surface area (Å²) in [6.07, 6.45) is 0. The van der Waals surface area contributed by atoms with Crippen LogP contribution in [0.25, 0.3) is 21.8 Å². The lowest BCUT2D eigenvalue weighted by Crippen LogP contribution is -2.00. The molecule has 19 heavy (non-hydrogen) atoms. The van der Waals surface area contributed by atoms with Gasteiger partial charge in [0.25, 0.3) is 0 Å². The van der Waals surface area contributed by atoms with E-state index in [0.717, 1.165) is 28.4 Å². The molecular weight excluding hydrogens is 238 g/mol. The Kier molecular flexibility index (Phi) is 2.25. The van der Waals surface area contributed by atoms with Crippen LogP contribution in [0.4, 0.5) is 22.7 Å². The van der Waals surface area contributed by atoms with Gasteiger partial charge in [0.2, 0.25) is 0 Å². The first-order valence-electron chi connectivity index (χ1n) is 6.18. The molecule has 0 saturated carbocycles. The number of nitrogens with two attached hydrogens (primary N) is 4. The summed E-state index contributed by atoms with van der Waals surface area (Å²) in [5.74, 6) is 0. The van der Waals surface area contributed by atoms with Crippen LogP contribution in [0.5, 0.6) is 0 Å². The molecule has 5 heteroatoms. The van der Waals surface area contributed by atoms with Crippen molar-refractivity contribution in [3.63, 3.8) is 0 Å². The number of hydrogen-bond donors (Lipinski definition) is 4. The van der Waals surface area contributed by atoms with E-state index in [9.17, 15) is 0 Å². The molecule has 1 aromatic heterocycles. The maximum absolute atomic E-state index is 6.11. The monoisotopic (exact) mass is 255 g/mol. The van der Waals surface area contributed by atoms with Crippen LogP contribution >= 0.6 is 0 Å². The second-order valence-electron chi connectivity index (χ2n) is 4.76. The van der Waals surface area contributed by atoms with Crippen molar-refractivity contribution in [2.24, 2.45) is 0 Å². The van der Waals surface area contributed by atoms with Gasteiger partial charge in [0, 0.05) is 28.7 Å². The average molecular weight is 255 g/mol. The van der Waals surface area contributed by atoms with Crippen molar-refractivity contribution in [3.8, 4) is 0 Å². The van der Waals surface area contributed by atoms with Gasteiger partial charge in [-0.05, 0) is 31.2 Å². The minimum absolute atomic E-state index is 0.640. The highest BCUT2D eigenvalue weighted by atomic mass is 15.0. The standard InChI is InChI=1S/C14H17N5/c1-2-19-13-9(3-7(15)5-11(13)17)10-4-8(16)6-12(18)14(10)19/h3-6H,2,15-18H2,1H3. The number of nitrogens with zero attached hydrogens (tertiary/aromatic N) is 1. The van der Waals surface area contributed by atoms with E-state index in [1.165, 1.54) is 0 Å². The molecule has 0 aliphatic heterocycles. The van der Waals surface area contributed by atoms with Crippen molar-refractivity contribution in [2.75, 3.05) is 22.9 Å². The smallest absolute Gasteiger partial charge is 0.0726 e. The third kappa shape index (κ3) is 1.48. The molecule has 5 nitrogen and oxygen atoms in total. The first-order chi connectivity index (χ1) is 9.02. The van der Waals surface area contributed by atoms with Gasteiger partial charge in [-0.2, -0.15) is 0 Å². The molecule has 0 atom stereocenters. The van der Waals surface area contributed by atoms with Crippen molar-refractivity contribution < 1.29 is 0 Å². The second-order valence-corrected chi connectivity index (χ2v) is 4.76. The second kappa shape index (κ2) is 3.71. The lowest BCUT2D eigenvalue weighted by atomic mass is 10.1. The van der Waals surface area contributed by atoms with Crippen molar-refractivity contribution in [3.05, 3.63) is 24.3 Å².